The number of nitrogens with one attached hydrogen (secondary N) is 2. The van der Waals surface area contributed by atoms with E-state index in [1.807, 2.05) is 24.3 Å². The summed E-state index contributed by atoms with van der Waals surface area (Å²) >= 11 is 9.36. The summed E-state index contributed by atoms with van der Waals surface area (Å²) in [5, 5.41) is 10.1. The van der Waals surface area contributed by atoms with Crippen molar-refractivity contribution in [3.8, 4) is 5.69 Å². The molecule has 2 N–H and O–H groups in total. The Labute approximate surface area is 169 Å². The molecule has 1 heterocycles. The number of amides is 2. The van der Waals surface area contributed by atoms with Gasteiger partial charge in [0.15, 0.2) is 0 Å². The van der Waals surface area contributed by atoms with Crippen molar-refractivity contribution in [3.05, 3.63) is 81.5 Å². The quantitative estimate of drug-likeness (QED) is 0.568. The van der Waals surface area contributed by atoms with Gasteiger partial charge in [0.25, 0.3) is 11.8 Å². The van der Waals surface area contributed by atoms with Gasteiger partial charge in [0.05, 0.1) is 28.0 Å². The van der Waals surface area contributed by atoms with Crippen LogP contribution in [0.25, 0.3) is 5.69 Å². The first-order valence-corrected chi connectivity index (χ1v) is 9.33. The van der Waals surface area contributed by atoms with Crippen LogP contribution in [-0.4, -0.2) is 34.7 Å². The van der Waals surface area contributed by atoms with Gasteiger partial charge in [-0.2, -0.15) is 5.10 Å². The second-order valence-corrected chi connectivity index (χ2v) is 6.96. The Bertz CT molecular complexity index is 956. The van der Waals surface area contributed by atoms with Crippen LogP contribution in [0, 0.1) is 0 Å². The van der Waals surface area contributed by atoms with Crippen molar-refractivity contribution in [2.24, 2.45) is 0 Å². The summed E-state index contributed by atoms with van der Waals surface area (Å²) in [5.41, 5.74) is 1.70. The van der Waals surface area contributed by atoms with E-state index in [9.17, 15) is 9.59 Å². The minimum Gasteiger partial charge on any atom is -0.350 e. The number of aromatic nitrogens is 2. The lowest BCUT2D eigenvalue weighted by atomic mass is 10.2. The molecule has 0 saturated carbocycles. The summed E-state index contributed by atoms with van der Waals surface area (Å²) < 4.78 is 2.59. The van der Waals surface area contributed by atoms with Gasteiger partial charge in [-0.15, -0.1) is 0 Å². The number of hydrogen-bond donors (Lipinski definition) is 2. The molecule has 0 fully saturated rings. The van der Waals surface area contributed by atoms with Crippen molar-refractivity contribution in [1.29, 1.82) is 0 Å². The Hall–Kier alpha value is -2.64. The maximum absolute atomic E-state index is 12.2. The van der Waals surface area contributed by atoms with Gasteiger partial charge in [0, 0.05) is 23.8 Å². The summed E-state index contributed by atoms with van der Waals surface area (Å²) in [6.45, 7) is 0.579. The average molecular weight is 448 g/mol. The van der Waals surface area contributed by atoms with Gasteiger partial charge in [-0.3, -0.25) is 9.59 Å². The number of halogens is 2. The third-order valence-electron chi connectivity index (χ3n) is 3.75. The summed E-state index contributed by atoms with van der Waals surface area (Å²) in [7, 11) is 0. The van der Waals surface area contributed by atoms with E-state index in [0.29, 0.717) is 22.7 Å². The van der Waals surface area contributed by atoms with Crippen LogP contribution in [0.3, 0.4) is 0 Å². The number of carbonyl (C=O) groups excluding carboxylic acids is 2. The van der Waals surface area contributed by atoms with Crippen LogP contribution in [0.1, 0.15) is 20.7 Å². The first kappa shape index (κ1) is 19.1. The molecule has 0 spiro atoms. The first-order valence-electron chi connectivity index (χ1n) is 8.16. The van der Waals surface area contributed by atoms with Gasteiger partial charge in [0.2, 0.25) is 0 Å². The minimum atomic E-state index is -0.280. The van der Waals surface area contributed by atoms with Crippen LogP contribution in [0.5, 0.6) is 0 Å². The molecule has 0 aliphatic carbocycles. The highest BCUT2D eigenvalue weighted by molar-refractivity contribution is 9.10. The summed E-state index contributed by atoms with van der Waals surface area (Å²) in [4.78, 5) is 24.2. The maximum atomic E-state index is 12.2. The van der Waals surface area contributed by atoms with E-state index in [-0.39, 0.29) is 18.4 Å². The highest BCUT2D eigenvalue weighted by atomic mass is 79.9. The van der Waals surface area contributed by atoms with E-state index >= 15 is 0 Å². The van der Waals surface area contributed by atoms with Crippen LogP contribution in [0.2, 0.25) is 5.02 Å². The number of hydrogen-bond acceptors (Lipinski definition) is 3. The lowest BCUT2D eigenvalue weighted by Gasteiger charge is -2.07. The third kappa shape index (κ3) is 4.96. The van der Waals surface area contributed by atoms with Crippen LogP contribution in [-0.2, 0) is 0 Å². The van der Waals surface area contributed by atoms with Crippen LogP contribution < -0.4 is 10.6 Å². The topological polar surface area (TPSA) is 76.0 Å². The molecule has 3 aromatic rings. The molecule has 0 saturated heterocycles. The first-order chi connectivity index (χ1) is 13.0. The molecule has 3 rings (SSSR count). The lowest BCUT2D eigenvalue weighted by molar-refractivity contribution is 0.0927. The molecule has 0 radical (unpaired) electrons. The zero-order valence-corrected chi connectivity index (χ0v) is 16.5. The van der Waals surface area contributed by atoms with E-state index in [4.69, 9.17) is 11.6 Å². The predicted molar refractivity (Wildman–Crippen MR) is 107 cm³/mol. The molecule has 6 nitrogen and oxygen atoms in total. The van der Waals surface area contributed by atoms with Crippen molar-refractivity contribution in [1.82, 2.24) is 20.4 Å². The number of rotatable bonds is 6. The van der Waals surface area contributed by atoms with Gasteiger partial charge in [-0.25, -0.2) is 4.68 Å². The highest BCUT2D eigenvalue weighted by Crippen LogP contribution is 2.15. The van der Waals surface area contributed by atoms with E-state index in [1.165, 1.54) is 6.20 Å². The van der Waals surface area contributed by atoms with Crippen LogP contribution in [0.15, 0.2) is 65.4 Å². The molecule has 1 aromatic heterocycles. The van der Waals surface area contributed by atoms with Crippen molar-refractivity contribution in [2.45, 2.75) is 0 Å². The average Bonchev–Trinajstić information content (AvgIpc) is 3.16. The molecule has 138 valence electrons. The van der Waals surface area contributed by atoms with E-state index < -0.39 is 0 Å². The molecule has 2 amide bonds. The fourth-order valence-corrected chi connectivity index (χ4v) is 2.86. The molecule has 27 heavy (non-hydrogen) atoms. The fraction of sp³-hybridized carbons (Fsp3) is 0.105. The molecule has 0 aliphatic rings. The standard InChI is InChI=1S/C19H16BrClN4O2/c20-14-5-7-15(8-6-14)25-12-13(11-24-25)18(26)22-9-10-23-19(27)16-3-1-2-4-17(16)21/h1-8,11-12H,9-10H2,(H,22,26)(H,23,27). The molecule has 0 aliphatic heterocycles. The molecule has 0 unspecified atom stereocenters. The van der Waals surface area contributed by atoms with Crippen molar-refractivity contribution in [2.75, 3.05) is 13.1 Å². The fourth-order valence-electron chi connectivity index (χ4n) is 2.37. The van der Waals surface area contributed by atoms with Crippen LogP contribution in [0.4, 0.5) is 0 Å². The molecular formula is C19H16BrClN4O2. The zero-order chi connectivity index (χ0) is 19.2. The lowest BCUT2D eigenvalue weighted by Crippen LogP contribution is -2.34. The number of benzene rings is 2. The molecule has 0 atom stereocenters. The second kappa shape index (κ2) is 8.83. The summed E-state index contributed by atoms with van der Waals surface area (Å²) in [6.07, 6.45) is 3.15. The van der Waals surface area contributed by atoms with Gasteiger partial charge >= 0.3 is 0 Å². The Morgan fingerprint density at radius 2 is 1.67 bits per heavy atom. The summed E-state index contributed by atoms with van der Waals surface area (Å²) in [6, 6.07) is 14.4. The van der Waals surface area contributed by atoms with Crippen molar-refractivity contribution < 1.29 is 9.59 Å². The molecule has 2 aromatic carbocycles. The molecule has 8 heteroatoms. The SMILES string of the molecule is O=C(NCCNC(=O)c1ccccc1Cl)c1cnn(-c2ccc(Br)cc2)c1. The largest absolute Gasteiger partial charge is 0.350 e. The molecule has 0 bridgehead atoms. The van der Waals surface area contributed by atoms with Crippen molar-refractivity contribution >= 4 is 39.3 Å². The Kier molecular flexibility index (Phi) is 6.26. The van der Waals surface area contributed by atoms with Crippen molar-refractivity contribution in [3.63, 3.8) is 0 Å². The molecular weight excluding hydrogens is 432 g/mol. The number of carbonyl (C=O) groups is 2. The van der Waals surface area contributed by atoms with Gasteiger partial charge in [-0.1, -0.05) is 39.7 Å². The monoisotopic (exact) mass is 446 g/mol. The zero-order valence-electron chi connectivity index (χ0n) is 14.2. The normalized spacial score (nSPS) is 10.4. The van der Waals surface area contributed by atoms with E-state index in [1.54, 1.807) is 35.1 Å². The second-order valence-electron chi connectivity index (χ2n) is 5.64. The summed E-state index contributed by atoms with van der Waals surface area (Å²) in [5.74, 6) is -0.539. The smallest absolute Gasteiger partial charge is 0.254 e. The third-order valence-corrected chi connectivity index (χ3v) is 4.61. The van der Waals surface area contributed by atoms with Crippen LogP contribution >= 0.6 is 27.5 Å². The Morgan fingerprint density at radius 1 is 1.00 bits per heavy atom. The van der Waals surface area contributed by atoms with Gasteiger partial charge in [0.1, 0.15) is 0 Å². The number of nitrogens with zero attached hydrogens (tertiary/aromatic N) is 2. The predicted octanol–water partition coefficient (Wildman–Crippen LogP) is 3.45. The van der Waals surface area contributed by atoms with E-state index in [0.717, 1.165) is 10.2 Å². The minimum absolute atomic E-state index is 0.259. The Balaban J connectivity index is 1.49. The maximum Gasteiger partial charge on any atom is 0.254 e. The van der Waals surface area contributed by atoms with Gasteiger partial charge in [-0.05, 0) is 36.4 Å². The van der Waals surface area contributed by atoms with Gasteiger partial charge < -0.3 is 10.6 Å². The highest BCUT2D eigenvalue weighted by Gasteiger charge is 2.11. The van der Waals surface area contributed by atoms with E-state index in [2.05, 4.69) is 31.7 Å². The Morgan fingerprint density at radius 3 is 2.37 bits per heavy atom.